The molecule has 11 aromatic rings. The largest absolute Gasteiger partial charge is 0.311 e. The van der Waals surface area contributed by atoms with Crippen LogP contribution in [0.1, 0.15) is 0 Å². The monoisotopic (exact) mass is 874 g/mol. The normalized spacial score (nSPS) is 13.9. The van der Waals surface area contributed by atoms with Gasteiger partial charge in [0.15, 0.2) is 0 Å². The van der Waals surface area contributed by atoms with E-state index in [2.05, 4.69) is 238 Å². The molecule has 4 nitrogen and oxygen atoms in total. The van der Waals surface area contributed by atoms with Gasteiger partial charge in [0.05, 0.1) is 10.7 Å². The van der Waals surface area contributed by atoms with Crippen molar-refractivity contribution in [1.29, 1.82) is 0 Å². The van der Waals surface area contributed by atoms with Crippen molar-refractivity contribution in [1.82, 2.24) is 0 Å². The average Bonchev–Trinajstić information content (AvgIpc) is 3.96. The van der Waals surface area contributed by atoms with E-state index in [4.69, 9.17) is 0 Å². The number of hydrogen-bond donors (Lipinski definition) is 0. The molecule has 8 heteroatoms. The lowest BCUT2D eigenvalue weighted by Crippen LogP contribution is -2.64. The van der Waals surface area contributed by atoms with Gasteiger partial charge in [-0.05, 0) is 130 Å². The minimum Gasteiger partial charge on any atom is -0.311 e. The second-order valence-electron chi connectivity index (χ2n) is 17.6. The van der Waals surface area contributed by atoms with Gasteiger partial charge in [-0.15, -0.1) is 22.7 Å². The number of para-hydroxylation sites is 4. The first-order valence-corrected chi connectivity index (χ1v) is 24.3. The molecule has 0 amide bonds. The minimum absolute atomic E-state index is 0.00774. The molecule has 0 unspecified atom stereocenters. The lowest BCUT2D eigenvalue weighted by molar-refractivity contribution is 1.25. The standard InChI is InChI=1S/C58H36B2N4S2/c1-5-19-37(20-6-1)61-45-29-18-32-48-54(45)59(53-41-27-13-15-33-51(41)66-58(53)64(48)40-25-11-4-12-26-40)43-35-50-44(36-49(43)61)60-55-46(62(50)38-21-7-2-8-22-38)30-17-31-47(55)63(39-23-9-3-10-24-39)56-42-28-14-16-34-52(42)65-57(56)60/h1-36H. The summed E-state index contributed by atoms with van der Waals surface area (Å²) < 4.78 is 3.98. The molecule has 0 N–H and O–H groups in total. The highest BCUT2D eigenvalue weighted by atomic mass is 32.1. The summed E-state index contributed by atoms with van der Waals surface area (Å²) in [6.07, 6.45) is 0. The molecule has 6 heterocycles. The molecule has 0 spiro atoms. The zero-order chi connectivity index (χ0) is 43.0. The number of thiophene rings is 2. The number of fused-ring (bicyclic) bond motifs is 12. The Morgan fingerprint density at radius 3 is 1.27 bits per heavy atom. The van der Waals surface area contributed by atoms with Crippen molar-refractivity contribution < 1.29 is 0 Å². The van der Waals surface area contributed by atoms with E-state index in [0.717, 1.165) is 11.4 Å². The Morgan fingerprint density at radius 1 is 0.303 bits per heavy atom. The fraction of sp³-hybridized carbons (Fsp3) is 0. The zero-order valence-corrected chi connectivity index (χ0v) is 37.2. The van der Waals surface area contributed by atoms with Crippen molar-refractivity contribution in [3.05, 3.63) is 218 Å². The molecule has 2 aromatic heterocycles. The average molecular weight is 875 g/mol. The molecule has 15 rings (SSSR count). The molecule has 0 atom stereocenters. The minimum atomic E-state index is -0.0206. The van der Waals surface area contributed by atoms with Crippen LogP contribution in [0.15, 0.2) is 218 Å². The van der Waals surface area contributed by atoms with Crippen LogP contribution in [0, 0.1) is 0 Å². The molecule has 4 aliphatic rings. The predicted molar refractivity (Wildman–Crippen MR) is 285 cm³/mol. The third-order valence-electron chi connectivity index (χ3n) is 14.2. The Hall–Kier alpha value is -7.77. The maximum absolute atomic E-state index is 2.60. The molecule has 66 heavy (non-hydrogen) atoms. The van der Waals surface area contributed by atoms with Crippen molar-refractivity contribution in [2.75, 3.05) is 19.6 Å². The summed E-state index contributed by atoms with van der Waals surface area (Å²) >= 11 is 3.86. The SMILES string of the molecule is c1ccc(N2c3cc4c(cc3B3c5c2cccc5N(c2ccccc2)c2sc5ccccc5c23)N(c2ccccc2)c2cccc3c2B4c2sc4ccccc4c2N3c2ccccc2)cc1. The van der Waals surface area contributed by atoms with Gasteiger partial charge in [0, 0.05) is 76.4 Å². The van der Waals surface area contributed by atoms with Gasteiger partial charge in [-0.3, -0.25) is 0 Å². The van der Waals surface area contributed by atoms with E-state index in [1.165, 1.54) is 108 Å². The molecule has 0 saturated heterocycles. The highest BCUT2D eigenvalue weighted by Gasteiger charge is 2.49. The number of hydrogen-bond acceptors (Lipinski definition) is 6. The zero-order valence-electron chi connectivity index (χ0n) is 35.5. The summed E-state index contributed by atoms with van der Waals surface area (Å²) in [5, 5.41) is 3.89. The van der Waals surface area contributed by atoms with Crippen LogP contribution >= 0.6 is 22.7 Å². The molecule has 0 aliphatic carbocycles. The summed E-state index contributed by atoms with van der Waals surface area (Å²) in [5.74, 6) is 0. The quantitative estimate of drug-likeness (QED) is 0.163. The molecule has 306 valence electrons. The van der Waals surface area contributed by atoms with Crippen molar-refractivity contribution >= 4 is 156 Å². The summed E-state index contributed by atoms with van der Waals surface area (Å²) in [7, 11) is 0. The fourth-order valence-corrected chi connectivity index (χ4v) is 14.2. The number of rotatable bonds is 4. The smallest absolute Gasteiger partial charge is 0.264 e. The Kier molecular flexibility index (Phi) is 7.68. The van der Waals surface area contributed by atoms with E-state index in [1.54, 1.807) is 0 Å². The van der Waals surface area contributed by atoms with Crippen LogP contribution in [0.25, 0.3) is 20.2 Å². The first-order valence-electron chi connectivity index (χ1n) is 22.7. The van der Waals surface area contributed by atoms with E-state index in [1.807, 2.05) is 22.7 Å². The molecular formula is C58H36B2N4S2. The van der Waals surface area contributed by atoms with Gasteiger partial charge >= 0.3 is 0 Å². The molecular weight excluding hydrogens is 838 g/mol. The molecule has 0 saturated carbocycles. The fourth-order valence-electron chi connectivity index (χ4n) is 11.6. The van der Waals surface area contributed by atoms with Gasteiger partial charge in [0.1, 0.15) is 0 Å². The van der Waals surface area contributed by atoms with Crippen LogP contribution in [0.3, 0.4) is 0 Å². The third-order valence-corrected chi connectivity index (χ3v) is 16.6. The topological polar surface area (TPSA) is 13.0 Å². The second kappa shape index (κ2) is 13.9. The van der Waals surface area contributed by atoms with Crippen molar-refractivity contribution in [3.63, 3.8) is 0 Å². The summed E-state index contributed by atoms with van der Waals surface area (Å²) in [5.41, 5.74) is 19.9. The highest BCUT2D eigenvalue weighted by Crippen LogP contribution is 2.51. The van der Waals surface area contributed by atoms with Crippen LogP contribution in [-0.2, 0) is 0 Å². The van der Waals surface area contributed by atoms with Crippen LogP contribution < -0.4 is 51.7 Å². The first-order chi connectivity index (χ1) is 32.8. The molecule has 9 aromatic carbocycles. The van der Waals surface area contributed by atoms with E-state index in [-0.39, 0.29) is 13.4 Å². The molecule has 0 radical (unpaired) electrons. The number of benzene rings is 9. The molecule has 0 bridgehead atoms. The summed E-state index contributed by atoms with van der Waals surface area (Å²) in [6, 6.07) is 81.2. The number of nitrogens with zero attached hydrogens (tertiary/aromatic N) is 4. The lowest BCUT2D eigenvalue weighted by atomic mass is 9.32. The van der Waals surface area contributed by atoms with Gasteiger partial charge in [-0.1, -0.05) is 121 Å². The third kappa shape index (κ3) is 4.95. The van der Waals surface area contributed by atoms with Gasteiger partial charge < -0.3 is 19.6 Å². The summed E-state index contributed by atoms with van der Waals surface area (Å²) in [4.78, 5) is 10.2. The predicted octanol–water partition coefficient (Wildman–Crippen LogP) is 12.3. The van der Waals surface area contributed by atoms with E-state index < -0.39 is 0 Å². The molecule has 4 aliphatic heterocycles. The molecule has 0 fully saturated rings. The van der Waals surface area contributed by atoms with Crippen molar-refractivity contribution in [2.45, 2.75) is 0 Å². The lowest BCUT2D eigenvalue weighted by Gasteiger charge is -2.46. The van der Waals surface area contributed by atoms with Gasteiger partial charge in [0.2, 0.25) is 0 Å². The van der Waals surface area contributed by atoms with Crippen LogP contribution in [-0.4, -0.2) is 13.4 Å². The summed E-state index contributed by atoms with van der Waals surface area (Å²) in [6.45, 7) is -0.0283. The maximum Gasteiger partial charge on any atom is 0.264 e. The van der Waals surface area contributed by atoms with E-state index in [0.29, 0.717) is 0 Å². The Labute approximate surface area is 391 Å². The van der Waals surface area contributed by atoms with Gasteiger partial charge in [-0.25, -0.2) is 0 Å². The van der Waals surface area contributed by atoms with Gasteiger partial charge in [-0.2, -0.15) is 0 Å². The van der Waals surface area contributed by atoms with E-state index in [9.17, 15) is 0 Å². The highest BCUT2D eigenvalue weighted by molar-refractivity contribution is 7.34. The Morgan fingerprint density at radius 2 is 0.712 bits per heavy atom. The van der Waals surface area contributed by atoms with E-state index >= 15 is 0 Å². The van der Waals surface area contributed by atoms with Crippen LogP contribution in [0.5, 0.6) is 0 Å². The first kappa shape index (κ1) is 36.6. The van der Waals surface area contributed by atoms with Crippen molar-refractivity contribution in [3.8, 4) is 0 Å². The van der Waals surface area contributed by atoms with Crippen LogP contribution in [0.2, 0.25) is 0 Å². The van der Waals surface area contributed by atoms with Crippen LogP contribution in [0.4, 0.5) is 67.6 Å². The maximum atomic E-state index is 2.60. The van der Waals surface area contributed by atoms with Crippen molar-refractivity contribution in [2.24, 2.45) is 0 Å². The Balaban J connectivity index is 1.08. The second-order valence-corrected chi connectivity index (χ2v) is 19.7. The number of anilines is 12. The van der Waals surface area contributed by atoms with Gasteiger partial charge in [0.25, 0.3) is 13.4 Å². The Bertz CT molecular complexity index is 3760.